The van der Waals surface area contributed by atoms with Gasteiger partial charge in [0.25, 0.3) is 0 Å². The zero-order chi connectivity index (χ0) is 7.65. The van der Waals surface area contributed by atoms with Crippen LogP contribution in [-0.2, 0) is 4.79 Å². The van der Waals surface area contributed by atoms with Gasteiger partial charge < -0.3 is 0 Å². The molecule has 0 aliphatic carbocycles. The molecule has 1 nitrogen and oxygen atoms in total. The van der Waals surface area contributed by atoms with Crippen molar-refractivity contribution in [3.63, 3.8) is 0 Å². The van der Waals surface area contributed by atoms with Crippen molar-refractivity contribution in [3.05, 3.63) is 5.92 Å². The molecule has 0 bridgehead atoms. The van der Waals surface area contributed by atoms with E-state index in [-0.39, 0.29) is 11.2 Å². The van der Waals surface area contributed by atoms with E-state index in [1.165, 1.54) is 0 Å². The Kier molecular flexibility index (Phi) is 2.41. The molecule has 0 spiro atoms. The second-order valence-corrected chi connectivity index (χ2v) is 3.58. The standard InChI is InChI=1S/C8H15O/c1-6(2)7(9)8(3,4)5/h1-5H3. The Bertz CT molecular complexity index is 106. The Morgan fingerprint density at radius 1 is 1.11 bits per heavy atom. The molecule has 0 atom stereocenters. The molecule has 9 heavy (non-hydrogen) atoms. The van der Waals surface area contributed by atoms with Gasteiger partial charge in [-0.25, -0.2) is 0 Å². The van der Waals surface area contributed by atoms with Crippen LogP contribution in [-0.4, -0.2) is 5.78 Å². The van der Waals surface area contributed by atoms with Crippen molar-refractivity contribution in [2.24, 2.45) is 5.41 Å². The number of Topliss-reactive ketones (excluding diaryl/α,β-unsaturated/α-hetero) is 1. The second kappa shape index (κ2) is 2.51. The Labute approximate surface area is 57.5 Å². The SMILES string of the molecule is C[C](C)C(=O)C(C)(C)C. The molecule has 53 valence electrons. The fourth-order valence-corrected chi connectivity index (χ4v) is 0.750. The van der Waals surface area contributed by atoms with E-state index in [9.17, 15) is 4.79 Å². The van der Waals surface area contributed by atoms with Crippen LogP contribution in [0.4, 0.5) is 0 Å². The maximum Gasteiger partial charge on any atom is 0.144 e. The minimum atomic E-state index is -0.196. The van der Waals surface area contributed by atoms with E-state index >= 15 is 0 Å². The van der Waals surface area contributed by atoms with E-state index in [1.807, 2.05) is 34.6 Å². The lowest BCUT2D eigenvalue weighted by atomic mass is 9.85. The summed E-state index contributed by atoms with van der Waals surface area (Å²) in [4.78, 5) is 11.1. The average molecular weight is 127 g/mol. The largest absolute Gasteiger partial charge is 0.298 e. The van der Waals surface area contributed by atoms with Crippen molar-refractivity contribution in [2.75, 3.05) is 0 Å². The smallest absolute Gasteiger partial charge is 0.144 e. The maximum atomic E-state index is 11.1. The molecule has 1 heteroatoms. The molecule has 0 aromatic carbocycles. The van der Waals surface area contributed by atoms with Crippen LogP contribution < -0.4 is 0 Å². The van der Waals surface area contributed by atoms with Crippen molar-refractivity contribution < 1.29 is 4.79 Å². The van der Waals surface area contributed by atoms with Crippen LogP contribution >= 0.6 is 0 Å². The third-order valence-electron chi connectivity index (χ3n) is 1.14. The summed E-state index contributed by atoms with van der Waals surface area (Å²) in [6, 6.07) is 0. The molecule has 0 aliphatic rings. The van der Waals surface area contributed by atoms with Crippen molar-refractivity contribution in [3.8, 4) is 0 Å². The first-order valence-electron chi connectivity index (χ1n) is 3.20. The molecule has 0 aromatic rings. The fourth-order valence-electron chi connectivity index (χ4n) is 0.750. The van der Waals surface area contributed by atoms with Crippen LogP contribution in [0.5, 0.6) is 0 Å². The first-order valence-corrected chi connectivity index (χ1v) is 3.20. The Hall–Kier alpha value is -0.330. The van der Waals surface area contributed by atoms with Crippen LogP contribution in [0.2, 0.25) is 0 Å². The van der Waals surface area contributed by atoms with Crippen molar-refractivity contribution in [2.45, 2.75) is 34.6 Å². The summed E-state index contributed by atoms with van der Waals surface area (Å²) in [6.45, 7) is 9.51. The van der Waals surface area contributed by atoms with Gasteiger partial charge in [0.15, 0.2) is 0 Å². The van der Waals surface area contributed by atoms with Gasteiger partial charge in [0.2, 0.25) is 0 Å². The summed E-state index contributed by atoms with van der Waals surface area (Å²) in [6.07, 6.45) is 0. The Morgan fingerprint density at radius 3 is 1.44 bits per heavy atom. The highest BCUT2D eigenvalue weighted by Crippen LogP contribution is 2.20. The number of rotatable bonds is 1. The molecular weight excluding hydrogens is 112 g/mol. The molecule has 0 fully saturated rings. The lowest BCUT2D eigenvalue weighted by molar-refractivity contribution is -0.124. The summed E-state index contributed by atoms with van der Waals surface area (Å²) in [5, 5.41) is 0. The van der Waals surface area contributed by atoms with Crippen molar-refractivity contribution in [1.82, 2.24) is 0 Å². The van der Waals surface area contributed by atoms with Gasteiger partial charge in [0, 0.05) is 11.3 Å². The molecular formula is C8H15O. The van der Waals surface area contributed by atoms with Crippen LogP contribution in [0.15, 0.2) is 0 Å². The monoisotopic (exact) mass is 127 g/mol. The highest BCUT2D eigenvalue weighted by molar-refractivity contribution is 5.94. The highest BCUT2D eigenvalue weighted by atomic mass is 16.1. The maximum absolute atomic E-state index is 11.1. The number of hydrogen-bond donors (Lipinski definition) is 0. The molecule has 0 unspecified atom stereocenters. The summed E-state index contributed by atoms with van der Waals surface area (Å²) in [7, 11) is 0. The van der Waals surface area contributed by atoms with Crippen LogP contribution in [0, 0.1) is 11.3 Å². The van der Waals surface area contributed by atoms with Gasteiger partial charge in [0.05, 0.1) is 0 Å². The quantitative estimate of drug-likeness (QED) is 0.528. The van der Waals surface area contributed by atoms with Crippen LogP contribution in [0.25, 0.3) is 0 Å². The zero-order valence-corrected chi connectivity index (χ0v) is 6.91. The lowest BCUT2D eigenvalue weighted by Gasteiger charge is -2.18. The van der Waals surface area contributed by atoms with Gasteiger partial charge in [-0.1, -0.05) is 34.6 Å². The first-order chi connectivity index (χ1) is 3.85. The minimum Gasteiger partial charge on any atom is -0.298 e. The van der Waals surface area contributed by atoms with Crippen molar-refractivity contribution >= 4 is 5.78 Å². The average Bonchev–Trinajstić information content (AvgIpc) is 1.62. The number of carbonyl (C=O) groups is 1. The third-order valence-corrected chi connectivity index (χ3v) is 1.14. The van der Waals surface area contributed by atoms with Crippen LogP contribution in [0.1, 0.15) is 34.6 Å². The van der Waals surface area contributed by atoms with E-state index in [4.69, 9.17) is 0 Å². The fraction of sp³-hybridized carbons (Fsp3) is 0.750. The predicted octanol–water partition coefficient (Wildman–Crippen LogP) is 2.22. The van der Waals surface area contributed by atoms with Gasteiger partial charge >= 0.3 is 0 Å². The molecule has 0 saturated carbocycles. The number of carbonyl (C=O) groups excluding carboxylic acids is 1. The summed E-state index contributed by atoms with van der Waals surface area (Å²) in [5.74, 6) is 1.14. The van der Waals surface area contributed by atoms with E-state index in [0.717, 1.165) is 5.92 Å². The minimum absolute atomic E-state index is 0.196. The van der Waals surface area contributed by atoms with Gasteiger partial charge in [-0.15, -0.1) is 0 Å². The summed E-state index contributed by atoms with van der Waals surface area (Å²) in [5.41, 5.74) is -0.196. The Morgan fingerprint density at radius 2 is 1.44 bits per heavy atom. The molecule has 0 amide bonds. The van der Waals surface area contributed by atoms with Gasteiger partial charge in [-0.3, -0.25) is 4.79 Å². The first kappa shape index (κ1) is 8.67. The molecule has 0 aliphatic heterocycles. The molecule has 1 radical (unpaired) electrons. The number of ketones is 1. The van der Waals surface area contributed by atoms with Crippen LogP contribution in [0.3, 0.4) is 0 Å². The molecule has 0 heterocycles. The molecule has 0 N–H and O–H groups in total. The predicted molar refractivity (Wildman–Crippen MR) is 39.1 cm³/mol. The van der Waals surface area contributed by atoms with E-state index in [2.05, 4.69) is 0 Å². The second-order valence-electron chi connectivity index (χ2n) is 3.58. The van der Waals surface area contributed by atoms with Crippen molar-refractivity contribution in [1.29, 1.82) is 0 Å². The zero-order valence-electron chi connectivity index (χ0n) is 6.91. The van der Waals surface area contributed by atoms with E-state index in [1.54, 1.807) is 0 Å². The highest BCUT2D eigenvalue weighted by Gasteiger charge is 2.23. The molecule has 0 rings (SSSR count). The number of hydrogen-bond acceptors (Lipinski definition) is 1. The normalized spacial score (nSPS) is 12.2. The van der Waals surface area contributed by atoms with Gasteiger partial charge in [-0.2, -0.15) is 0 Å². The van der Waals surface area contributed by atoms with E-state index < -0.39 is 0 Å². The van der Waals surface area contributed by atoms with Gasteiger partial charge in [0.1, 0.15) is 5.78 Å². The molecule has 0 saturated heterocycles. The lowest BCUT2D eigenvalue weighted by Crippen LogP contribution is -2.23. The topological polar surface area (TPSA) is 17.1 Å². The summed E-state index contributed by atoms with van der Waals surface area (Å²) >= 11 is 0. The van der Waals surface area contributed by atoms with E-state index in [0.29, 0.717) is 0 Å². The third kappa shape index (κ3) is 2.64. The van der Waals surface area contributed by atoms with Gasteiger partial charge in [-0.05, 0) is 0 Å². The molecule has 0 aromatic heterocycles. The summed E-state index contributed by atoms with van der Waals surface area (Å²) < 4.78 is 0. The Balaban J connectivity index is 4.06.